The molecular formula is C21H34ClN3O3. The van der Waals surface area contributed by atoms with Crippen molar-refractivity contribution in [2.24, 2.45) is 0 Å². The number of benzene rings is 1. The molecule has 1 amide bonds. The van der Waals surface area contributed by atoms with E-state index in [-0.39, 0.29) is 36.3 Å². The first kappa shape index (κ1) is 24.4. The molecule has 1 aromatic rings. The predicted molar refractivity (Wildman–Crippen MR) is 115 cm³/mol. The molecule has 1 saturated heterocycles. The average Bonchev–Trinajstić information content (AvgIpc) is 2.60. The Morgan fingerprint density at radius 3 is 2.21 bits per heavy atom. The molecule has 0 radical (unpaired) electrons. The molecule has 28 heavy (non-hydrogen) atoms. The molecule has 0 unspecified atom stereocenters. The zero-order chi connectivity index (χ0) is 20.0. The molecule has 2 N–H and O–H groups in total. The van der Waals surface area contributed by atoms with Gasteiger partial charge in [0.2, 0.25) is 5.91 Å². The van der Waals surface area contributed by atoms with Crippen LogP contribution in [0.5, 0.6) is 0 Å². The first-order valence-electron chi connectivity index (χ1n) is 9.77. The topological polar surface area (TPSA) is 72.9 Å². The van der Waals surface area contributed by atoms with Crippen molar-refractivity contribution in [3.05, 3.63) is 29.8 Å². The maximum Gasteiger partial charge on any atom is 0.317 e. The standard InChI is InChI=1S/C21H33N3O3.ClH/c1-5-24(15-20(26)27)18-10-12-23(13-11-18)14-19(25)22-17-8-6-16(7-9-17)21(2,3)4;/h6-9,18H,5,10-15H2,1-4H3,(H,22,25)(H,26,27);1H. The number of carbonyl (C=O) groups excluding carboxylic acids is 1. The molecule has 7 heteroatoms. The number of aliphatic carboxylic acids is 1. The van der Waals surface area contributed by atoms with Crippen LogP contribution in [-0.2, 0) is 15.0 Å². The van der Waals surface area contributed by atoms with E-state index >= 15 is 0 Å². The van der Waals surface area contributed by atoms with E-state index in [9.17, 15) is 9.59 Å². The number of piperidine rings is 1. The molecule has 0 spiro atoms. The largest absolute Gasteiger partial charge is 0.480 e. The SMILES string of the molecule is CCN(CC(=O)O)C1CCN(CC(=O)Nc2ccc(C(C)(C)C)cc2)CC1.Cl. The predicted octanol–water partition coefficient (Wildman–Crippen LogP) is 3.22. The van der Waals surface area contributed by atoms with Crippen molar-refractivity contribution in [3.8, 4) is 0 Å². The van der Waals surface area contributed by atoms with Gasteiger partial charge in [-0.2, -0.15) is 0 Å². The molecule has 1 aliphatic heterocycles. The molecule has 1 aliphatic rings. The highest BCUT2D eigenvalue weighted by Crippen LogP contribution is 2.23. The second-order valence-electron chi connectivity index (χ2n) is 8.34. The summed E-state index contributed by atoms with van der Waals surface area (Å²) < 4.78 is 0. The number of carboxylic acids is 1. The second-order valence-corrected chi connectivity index (χ2v) is 8.34. The van der Waals surface area contributed by atoms with E-state index in [2.05, 4.69) is 43.1 Å². The fourth-order valence-corrected chi connectivity index (χ4v) is 3.57. The van der Waals surface area contributed by atoms with Crippen molar-refractivity contribution in [1.29, 1.82) is 0 Å². The van der Waals surface area contributed by atoms with E-state index < -0.39 is 5.97 Å². The number of hydrogen-bond acceptors (Lipinski definition) is 4. The summed E-state index contributed by atoms with van der Waals surface area (Å²) in [5, 5.41) is 12.0. The monoisotopic (exact) mass is 411 g/mol. The molecule has 0 aromatic heterocycles. The molecule has 1 fully saturated rings. The Balaban J connectivity index is 0.00000392. The van der Waals surface area contributed by atoms with Crippen molar-refractivity contribution in [2.75, 3.05) is 38.0 Å². The highest BCUT2D eigenvalue weighted by atomic mass is 35.5. The summed E-state index contributed by atoms with van der Waals surface area (Å²) in [4.78, 5) is 27.5. The van der Waals surface area contributed by atoms with Crippen LogP contribution in [0.25, 0.3) is 0 Å². The third-order valence-electron chi connectivity index (χ3n) is 5.22. The fourth-order valence-electron chi connectivity index (χ4n) is 3.57. The number of amides is 1. The lowest BCUT2D eigenvalue weighted by Crippen LogP contribution is -2.48. The van der Waals surface area contributed by atoms with E-state index in [1.165, 1.54) is 5.56 Å². The highest BCUT2D eigenvalue weighted by Gasteiger charge is 2.25. The summed E-state index contributed by atoms with van der Waals surface area (Å²) in [5.74, 6) is -0.786. The van der Waals surface area contributed by atoms with Crippen LogP contribution in [0.3, 0.4) is 0 Å². The van der Waals surface area contributed by atoms with Crippen molar-refractivity contribution >= 4 is 30.0 Å². The van der Waals surface area contributed by atoms with Crippen LogP contribution in [0.15, 0.2) is 24.3 Å². The number of carbonyl (C=O) groups is 2. The van der Waals surface area contributed by atoms with Crippen LogP contribution in [0.1, 0.15) is 46.1 Å². The van der Waals surface area contributed by atoms with Crippen molar-refractivity contribution in [2.45, 2.75) is 52.0 Å². The Kier molecular flexibility index (Phi) is 9.40. The molecule has 6 nitrogen and oxygen atoms in total. The van der Waals surface area contributed by atoms with Gasteiger partial charge < -0.3 is 10.4 Å². The third-order valence-corrected chi connectivity index (χ3v) is 5.22. The van der Waals surface area contributed by atoms with Gasteiger partial charge in [0.15, 0.2) is 0 Å². The number of nitrogens with zero attached hydrogens (tertiary/aromatic N) is 2. The van der Waals surface area contributed by atoms with Gasteiger partial charge in [0.25, 0.3) is 0 Å². The van der Waals surface area contributed by atoms with E-state index in [4.69, 9.17) is 5.11 Å². The number of hydrogen-bond donors (Lipinski definition) is 2. The fraction of sp³-hybridized carbons (Fsp3) is 0.619. The van der Waals surface area contributed by atoms with Gasteiger partial charge in [-0.1, -0.05) is 39.8 Å². The number of carboxylic acid groups (broad SMARTS) is 1. The molecule has 1 heterocycles. The average molecular weight is 412 g/mol. The normalized spacial score (nSPS) is 15.9. The molecular weight excluding hydrogens is 378 g/mol. The Morgan fingerprint density at radius 2 is 1.75 bits per heavy atom. The van der Waals surface area contributed by atoms with Crippen molar-refractivity contribution in [1.82, 2.24) is 9.80 Å². The van der Waals surface area contributed by atoms with Crippen LogP contribution in [-0.4, -0.2) is 65.5 Å². The first-order valence-corrected chi connectivity index (χ1v) is 9.77. The zero-order valence-corrected chi connectivity index (χ0v) is 18.2. The van der Waals surface area contributed by atoms with Gasteiger partial charge >= 0.3 is 5.97 Å². The van der Waals surface area contributed by atoms with Gasteiger partial charge in [-0.05, 0) is 42.5 Å². The minimum absolute atomic E-state index is 0. The summed E-state index contributed by atoms with van der Waals surface area (Å²) in [6, 6.07) is 8.31. The van der Waals surface area contributed by atoms with Crippen LogP contribution in [0.4, 0.5) is 5.69 Å². The second kappa shape index (κ2) is 10.8. The van der Waals surface area contributed by atoms with Gasteiger partial charge in [-0.3, -0.25) is 19.4 Å². The smallest absolute Gasteiger partial charge is 0.317 e. The molecule has 0 atom stereocenters. The number of anilines is 1. The van der Waals surface area contributed by atoms with Crippen LogP contribution in [0.2, 0.25) is 0 Å². The Morgan fingerprint density at radius 1 is 1.18 bits per heavy atom. The zero-order valence-electron chi connectivity index (χ0n) is 17.4. The quantitative estimate of drug-likeness (QED) is 0.720. The molecule has 2 rings (SSSR count). The Hall–Kier alpha value is -1.63. The highest BCUT2D eigenvalue weighted by molar-refractivity contribution is 5.92. The molecule has 0 aliphatic carbocycles. The van der Waals surface area contributed by atoms with E-state index in [1.807, 2.05) is 24.0 Å². The number of nitrogens with one attached hydrogen (secondary N) is 1. The lowest BCUT2D eigenvalue weighted by atomic mass is 9.87. The van der Waals surface area contributed by atoms with Gasteiger partial charge in [-0.25, -0.2) is 0 Å². The van der Waals surface area contributed by atoms with Crippen LogP contribution < -0.4 is 5.32 Å². The lowest BCUT2D eigenvalue weighted by Gasteiger charge is -2.37. The van der Waals surface area contributed by atoms with Crippen molar-refractivity contribution in [3.63, 3.8) is 0 Å². The Labute approximate surface area is 174 Å². The Bertz CT molecular complexity index is 635. The molecule has 1 aromatic carbocycles. The minimum Gasteiger partial charge on any atom is -0.480 e. The molecule has 0 saturated carbocycles. The van der Waals surface area contributed by atoms with E-state index in [1.54, 1.807) is 0 Å². The summed E-state index contributed by atoms with van der Waals surface area (Å²) in [6.07, 6.45) is 1.79. The summed E-state index contributed by atoms with van der Waals surface area (Å²) >= 11 is 0. The number of rotatable bonds is 7. The van der Waals surface area contributed by atoms with E-state index in [0.29, 0.717) is 6.54 Å². The number of halogens is 1. The maximum atomic E-state index is 12.3. The number of likely N-dealkylation sites (N-methyl/N-ethyl adjacent to an activating group) is 1. The minimum atomic E-state index is -0.781. The molecule has 158 valence electrons. The summed E-state index contributed by atoms with van der Waals surface area (Å²) in [5.41, 5.74) is 2.16. The van der Waals surface area contributed by atoms with Crippen molar-refractivity contribution < 1.29 is 14.7 Å². The summed E-state index contributed by atoms with van der Waals surface area (Å²) in [6.45, 7) is 11.3. The van der Waals surface area contributed by atoms with Gasteiger partial charge in [0, 0.05) is 24.8 Å². The number of likely N-dealkylation sites (tertiary alicyclic amines) is 1. The van der Waals surface area contributed by atoms with Gasteiger partial charge in [0.1, 0.15) is 0 Å². The van der Waals surface area contributed by atoms with E-state index in [0.717, 1.165) is 38.2 Å². The third kappa shape index (κ3) is 7.41. The van der Waals surface area contributed by atoms with Crippen LogP contribution >= 0.6 is 12.4 Å². The first-order chi connectivity index (χ1) is 12.7. The van der Waals surface area contributed by atoms with Crippen LogP contribution in [0, 0.1) is 0 Å². The lowest BCUT2D eigenvalue weighted by molar-refractivity contribution is -0.139. The van der Waals surface area contributed by atoms with Gasteiger partial charge in [-0.15, -0.1) is 12.4 Å². The summed E-state index contributed by atoms with van der Waals surface area (Å²) in [7, 11) is 0. The van der Waals surface area contributed by atoms with Gasteiger partial charge in [0.05, 0.1) is 13.1 Å². The maximum absolute atomic E-state index is 12.3. The molecule has 0 bridgehead atoms.